The molecule has 0 atom stereocenters. The molecule has 21 heavy (non-hydrogen) atoms. The third kappa shape index (κ3) is 3.40. The first-order valence-corrected chi connectivity index (χ1v) is 7.76. The fourth-order valence-electron chi connectivity index (χ4n) is 2.23. The van der Waals surface area contributed by atoms with Gasteiger partial charge in [-0.05, 0) is 12.1 Å². The number of morpholine rings is 1. The molecule has 1 aromatic carbocycles. The SMILES string of the molecule is Nc1ccc(-c2csc(CC(=O)N3CCOCC3)n2)cc1. The van der Waals surface area contributed by atoms with Crippen molar-refractivity contribution < 1.29 is 9.53 Å². The largest absolute Gasteiger partial charge is 0.399 e. The second-order valence-corrected chi connectivity index (χ2v) is 5.86. The van der Waals surface area contributed by atoms with Crippen molar-refractivity contribution in [3.63, 3.8) is 0 Å². The van der Waals surface area contributed by atoms with E-state index in [1.54, 1.807) is 0 Å². The number of hydrogen-bond acceptors (Lipinski definition) is 5. The molecule has 1 amide bonds. The number of rotatable bonds is 3. The summed E-state index contributed by atoms with van der Waals surface area (Å²) < 4.78 is 5.25. The van der Waals surface area contributed by atoms with Gasteiger partial charge in [-0.2, -0.15) is 0 Å². The lowest BCUT2D eigenvalue weighted by Gasteiger charge is -2.26. The number of benzene rings is 1. The molecule has 110 valence electrons. The van der Waals surface area contributed by atoms with Gasteiger partial charge < -0.3 is 15.4 Å². The van der Waals surface area contributed by atoms with E-state index in [1.165, 1.54) is 11.3 Å². The maximum atomic E-state index is 12.2. The van der Waals surface area contributed by atoms with E-state index in [-0.39, 0.29) is 5.91 Å². The van der Waals surface area contributed by atoms with Crippen LogP contribution in [0.2, 0.25) is 0 Å². The fourth-order valence-corrected chi connectivity index (χ4v) is 3.03. The number of anilines is 1. The summed E-state index contributed by atoms with van der Waals surface area (Å²) in [7, 11) is 0. The zero-order valence-corrected chi connectivity index (χ0v) is 12.4. The van der Waals surface area contributed by atoms with Crippen LogP contribution in [-0.2, 0) is 16.0 Å². The van der Waals surface area contributed by atoms with E-state index < -0.39 is 0 Å². The molecule has 1 fully saturated rings. The zero-order chi connectivity index (χ0) is 14.7. The van der Waals surface area contributed by atoms with Crippen LogP contribution < -0.4 is 5.73 Å². The Morgan fingerprint density at radius 3 is 2.71 bits per heavy atom. The summed E-state index contributed by atoms with van der Waals surface area (Å²) in [6.07, 6.45) is 0.361. The minimum absolute atomic E-state index is 0.122. The number of nitrogens with two attached hydrogens (primary N) is 1. The summed E-state index contributed by atoms with van der Waals surface area (Å²) in [4.78, 5) is 18.6. The standard InChI is InChI=1S/C15H17N3O2S/c16-12-3-1-11(2-4-12)13-10-21-14(17-13)9-15(19)18-5-7-20-8-6-18/h1-4,10H,5-9,16H2. The lowest BCUT2D eigenvalue weighted by atomic mass is 10.1. The Morgan fingerprint density at radius 2 is 2.00 bits per heavy atom. The number of amides is 1. The summed E-state index contributed by atoms with van der Waals surface area (Å²) in [5, 5.41) is 2.83. The predicted octanol–water partition coefficient (Wildman–Crippen LogP) is 1.79. The Labute approximate surface area is 127 Å². The second kappa shape index (κ2) is 6.24. The van der Waals surface area contributed by atoms with Crippen LogP contribution in [0.15, 0.2) is 29.6 Å². The molecule has 0 radical (unpaired) electrons. The second-order valence-electron chi connectivity index (χ2n) is 4.92. The van der Waals surface area contributed by atoms with E-state index in [2.05, 4.69) is 4.98 Å². The van der Waals surface area contributed by atoms with Crippen LogP contribution >= 0.6 is 11.3 Å². The third-order valence-corrected chi connectivity index (χ3v) is 4.27. The Hall–Kier alpha value is -1.92. The predicted molar refractivity (Wildman–Crippen MR) is 83.1 cm³/mol. The summed E-state index contributed by atoms with van der Waals surface area (Å²) in [6.45, 7) is 2.60. The molecule has 0 aliphatic carbocycles. The van der Waals surface area contributed by atoms with Gasteiger partial charge in [0.15, 0.2) is 0 Å². The van der Waals surface area contributed by atoms with Crippen molar-refractivity contribution in [1.29, 1.82) is 0 Å². The lowest BCUT2D eigenvalue weighted by molar-refractivity contribution is -0.134. The molecule has 1 aromatic heterocycles. The number of hydrogen-bond donors (Lipinski definition) is 1. The molecule has 2 N–H and O–H groups in total. The Morgan fingerprint density at radius 1 is 1.29 bits per heavy atom. The molecule has 2 heterocycles. The van der Waals surface area contributed by atoms with Crippen LogP contribution in [0, 0.1) is 0 Å². The minimum Gasteiger partial charge on any atom is -0.399 e. The maximum Gasteiger partial charge on any atom is 0.229 e. The smallest absolute Gasteiger partial charge is 0.229 e. The van der Waals surface area contributed by atoms with Gasteiger partial charge in [0.1, 0.15) is 5.01 Å². The van der Waals surface area contributed by atoms with Crippen LogP contribution in [0.1, 0.15) is 5.01 Å². The summed E-state index contributed by atoms with van der Waals surface area (Å²) >= 11 is 1.52. The van der Waals surface area contributed by atoms with Crippen molar-refractivity contribution in [3.8, 4) is 11.3 Å². The molecular weight excluding hydrogens is 286 g/mol. The third-order valence-electron chi connectivity index (χ3n) is 3.42. The number of thiazole rings is 1. The topological polar surface area (TPSA) is 68.5 Å². The molecule has 0 bridgehead atoms. The van der Waals surface area contributed by atoms with Gasteiger partial charge in [-0.25, -0.2) is 4.98 Å². The van der Waals surface area contributed by atoms with Gasteiger partial charge in [-0.1, -0.05) is 12.1 Å². The van der Waals surface area contributed by atoms with Crippen LogP contribution in [0.4, 0.5) is 5.69 Å². The molecule has 0 unspecified atom stereocenters. The van der Waals surface area contributed by atoms with Gasteiger partial charge in [-0.3, -0.25) is 4.79 Å². The first kappa shape index (κ1) is 14.0. The summed E-state index contributed by atoms with van der Waals surface area (Å²) in [5.74, 6) is 0.122. The highest BCUT2D eigenvalue weighted by Gasteiger charge is 2.18. The zero-order valence-electron chi connectivity index (χ0n) is 11.6. The van der Waals surface area contributed by atoms with E-state index in [0.717, 1.165) is 22.0 Å². The summed E-state index contributed by atoms with van der Waals surface area (Å²) in [6, 6.07) is 7.59. The minimum atomic E-state index is 0.122. The summed E-state index contributed by atoms with van der Waals surface area (Å²) in [5.41, 5.74) is 8.33. The molecule has 0 saturated carbocycles. The molecular formula is C15H17N3O2S. The van der Waals surface area contributed by atoms with Gasteiger partial charge in [0, 0.05) is 29.7 Å². The first-order valence-electron chi connectivity index (χ1n) is 6.88. The van der Waals surface area contributed by atoms with Crippen LogP contribution in [-0.4, -0.2) is 42.1 Å². The van der Waals surface area contributed by atoms with Crippen molar-refractivity contribution in [2.24, 2.45) is 0 Å². The molecule has 5 nitrogen and oxygen atoms in total. The average molecular weight is 303 g/mol. The van der Waals surface area contributed by atoms with E-state index >= 15 is 0 Å². The quantitative estimate of drug-likeness (QED) is 0.878. The van der Waals surface area contributed by atoms with Gasteiger partial charge in [0.05, 0.1) is 25.3 Å². The molecule has 6 heteroatoms. The van der Waals surface area contributed by atoms with E-state index in [0.29, 0.717) is 32.7 Å². The fraction of sp³-hybridized carbons (Fsp3) is 0.333. The highest BCUT2D eigenvalue weighted by molar-refractivity contribution is 7.10. The molecule has 2 aromatic rings. The van der Waals surface area contributed by atoms with E-state index in [1.807, 2.05) is 34.5 Å². The normalized spacial score (nSPS) is 15.1. The van der Waals surface area contributed by atoms with E-state index in [9.17, 15) is 4.79 Å². The van der Waals surface area contributed by atoms with Crippen LogP contribution in [0.25, 0.3) is 11.3 Å². The monoisotopic (exact) mass is 303 g/mol. The number of nitrogens with zero attached hydrogens (tertiary/aromatic N) is 2. The lowest BCUT2D eigenvalue weighted by Crippen LogP contribution is -2.41. The molecule has 1 aliphatic heterocycles. The Kier molecular flexibility index (Phi) is 4.17. The van der Waals surface area contributed by atoms with Crippen LogP contribution in [0.5, 0.6) is 0 Å². The number of carbonyl (C=O) groups is 1. The van der Waals surface area contributed by atoms with Gasteiger partial charge >= 0.3 is 0 Å². The van der Waals surface area contributed by atoms with Crippen molar-refractivity contribution in [2.75, 3.05) is 32.0 Å². The van der Waals surface area contributed by atoms with Crippen molar-refractivity contribution in [3.05, 3.63) is 34.7 Å². The van der Waals surface area contributed by atoms with Crippen molar-refractivity contribution >= 4 is 22.9 Å². The number of aromatic nitrogens is 1. The first-order chi connectivity index (χ1) is 10.2. The highest BCUT2D eigenvalue weighted by Crippen LogP contribution is 2.23. The van der Waals surface area contributed by atoms with E-state index in [4.69, 9.17) is 10.5 Å². The molecule has 0 spiro atoms. The van der Waals surface area contributed by atoms with Crippen LogP contribution in [0.3, 0.4) is 0 Å². The maximum absolute atomic E-state index is 12.2. The number of ether oxygens (including phenoxy) is 1. The van der Waals surface area contributed by atoms with Gasteiger partial charge in [-0.15, -0.1) is 11.3 Å². The molecule has 1 aliphatic rings. The number of carbonyl (C=O) groups excluding carboxylic acids is 1. The highest BCUT2D eigenvalue weighted by atomic mass is 32.1. The number of nitrogen functional groups attached to an aromatic ring is 1. The molecule has 1 saturated heterocycles. The van der Waals surface area contributed by atoms with Crippen molar-refractivity contribution in [1.82, 2.24) is 9.88 Å². The average Bonchev–Trinajstić information content (AvgIpc) is 2.97. The van der Waals surface area contributed by atoms with Gasteiger partial charge in [0.2, 0.25) is 5.91 Å². The Balaban J connectivity index is 1.67. The van der Waals surface area contributed by atoms with Gasteiger partial charge in [0.25, 0.3) is 0 Å². The molecule has 3 rings (SSSR count). The Bertz CT molecular complexity index is 618. The van der Waals surface area contributed by atoms with Crippen molar-refractivity contribution in [2.45, 2.75) is 6.42 Å².